The number of amides is 2. The van der Waals surface area contributed by atoms with Crippen LogP contribution in [0, 0.1) is 6.92 Å². The number of ether oxygens (including phenoxy) is 1. The molecule has 0 saturated carbocycles. The lowest BCUT2D eigenvalue weighted by atomic mass is 10.0. The number of unbranched alkanes of at least 4 members (excludes halogenated alkanes) is 1. The molecule has 1 unspecified atom stereocenters. The minimum absolute atomic E-state index is 0.146. The number of nitrogens with zero attached hydrogens (tertiary/aromatic N) is 1. The summed E-state index contributed by atoms with van der Waals surface area (Å²) in [6.07, 6.45) is 2.30. The number of hydrogen-bond donors (Lipinski definition) is 1. The second kappa shape index (κ2) is 13.7. The normalized spacial score (nSPS) is 11.5. The van der Waals surface area contributed by atoms with Gasteiger partial charge in [-0.2, -0.15) is 0 Å². The Morgan fingerprint density at radius 3 is 2.37 bits per heavy atom. The average Bonchev–Trinajstić information content (AvgIpc) is 2.86. The first-order valence-corrected chi connectivity index (χ1v) is 12.8. The van der Waals surface area contributed by atoms with Crippen molar-refractivity contribution in [1.29, 1.82) is 0 Å². The van der Waals surface area contributed by atoms with Gasteiger partial charge in [0.2, 0.25) is 5.91 Å². The topological polar surface area (TPSA) is 58.6 Å². The van der Waals surface area contributed by atoms with E-state index in [4.69, 9.17) is 4.74 Å². The Morgan fingerprint density at radius 2 is 1.69 bits per heavy atom. The van der Waals surface area contributed by atoms with Crippen LogP contribution in [-0.4, -0.2) is 35.9 Å². The van der Waals surface area contributed by atoms with Crippen LogP contribution in [0.2, 0.25) is 0 Å². The third-order valence-corrected chi connectivity index (χ3v) is 6.24. The molecule has 0 saturated heterocycles. The van der Waals surface area contributed by atoms with Gasteiger partial charge in [0.15, 0.2) is 6.61 Å². The Bertz CT molecular complexity index is 1090. The summed E-state index contributed by atoms with van der Waals surface area (Å²) >= 11 is 3.41. The van der Waals surface area contributed by atoms with Crippen molar-refractivity contribution in [2.75, 3.05) is 13.2 Å². The van der Waals surface area contributed by atoms with Gasteiger partial charge in [-0.15, -0.1) is 0 Å². The van der Waals surface area contributed by atoms with E-state index in [-0.39, 0.29) is 18.4 Å². The molecule has 3 aromatic rings. The fourth-order valence-electron chi connectivity index (χ4n) is 3.83. The van der Waals surface area contributed by atoms with Gasteiger partial charge < -0.3 is 15.0 Å². The fraction of sp³-hybridized carbons (Fsp3) is 0.310. The highest BCUT2D eigenvalue weighted by Crippen LogP contribution is 2.18. The Kier molecular flexibility index (Phi) is 10.4. The van der Waals surface area contributed by atoms with Gasteiger partial charge in [0, 0.05) is 24.0 Å². The minimum Gasteiger partial charge on any atom is -0.484 e. The maximum Gasteiger partial charge on any atom is 0.261 e. The number of nitrogens with one attached hydrogen (secondary N) is 1. The van der Waals surface area contributed by atoms with Crippen LogP contribution >= 0.6 is 15.9 Å². The number of rotatable bonds is 12. The first-order chi connectivity index (χ1) is 17.0. The summed E-state index contributed by atoms with van der Waals surface area (Å²) in [5.41, 5.74) is 3.08. The quantitative estimate of drug-likeness (QED) is 0.302. The molecule has 3 rings (SSSR count). The van der Waals surface area contributed by atoms with Gasteiger partial charge in [-0.1, -0.05) is 89.4 Å². The molecular weight excluding hydrogens is 504 g/mol. The highest BCUT2D eigenvalue weighted by Gasteiger charge is 2.30. The minimum atomic E-state index is -0.657. The summed E-state index contributed by atoms with van der Waals surface area (Å²) < 4.78 is 6.73. The molecule has 3 aromatic carbocycles. The van der Waals surface area contributed by atoms with Crippen LogP contribution in [0.4, 0.5) is 0 Å². The highest BCUT2D eigenvalue weighted by molar-refractivity contribution is 9.10. The molecule has 0 aliphatic rings. The summed E-state index contributed by atoms with van der Waals surface area (Å²) in [6.45, 7) is 4.86. The van der Waals surface area contributed by atoms with E-state index in [1.54, 1.807) is 17.0 Å². The lowest BCUT2D eigenvalue weighted by Crippen LogP contribution is -2.51. The van der Waals surface area contributed by atoms with E-state index in [9.17, 15) is 9.59 Å². The number of benzene rings is 3. The van der Waals surface area contributed by atoms with E-state index in [2.05, 4.69) is 28.2 Å². The molecule has 184 valence electrons. The van der Waals surface area contributed by atoms with Crippen LogP contribution in [-0.2, 0) is 22.6 Å². The van der Waals surface area contributed by atoms with Crippen LogP contribution in [0.5, 0.6) is 5.75 Å². The van der Waals surface area contributed by atoms with Crippen LogP contribution < -0.4 is 10.1 Å². The molecule has 1 N–H and O–H groups in total. The molecule has 0 aliphatic carbocycles. The van der Waals surface area contributed by atoms with E-state index in [1.807, 2.05) is 73.7 Å². The largest absolute Gasteiger partial charge is 0.484 e. The monoisotopic (exact) mass is 536 g/mol. The maximum absolute atomic E-state index is 13.6. The Balaban J connectivity index is 1.87. The lowest BCUT2D eigenvalue weighted by molar-refractivity contribution is -0.142. The highest BCUT2D eigenvalue weighted by atomic mass is 79.9. The Hall–Kier alpha value is -3.12. The van der Waals surface area contributed by atoms with Crippen LogP contribution in [0.15, 0.2) is 83.3 Å². The second-order valence-corrected chi connectivity index (χ2v) is 9.52. The van der Waals surface area contributed by atoms with Crippen molar-refractivity contribution in [3.05, 3.63) is 100 Å². The molecule has 0 spiro atoms. The summed E-state index contributed by atoms with van der Waals surface area (Å²) in [5.74, 6) is 0.219. The van der Waals surface area contributed by atoms with Crippen LogP contribution in [0.1, 0.15) is 36.5 Å². The van der Waals surface area contributed by atoms with E-state index in [0.29, 0.717) is 25.3 Å². The number of carbonyl (C=O) groups is 2. The van der Waals surface area contributed by atoms with Crippen LogP contribution in [0.25, 0.3) is 0 Å². The van der Waals surface area contributed by atoms with Gasteiger partial charge in [-0.05, 0) is 48.7 Å². The Morgan fingerprint density at radius 1 is 0.971 bits per heavy atom. The summed E-state index contributed by atoms with van der Waals surface area (Å²) in [5, 5.41) is 3.04. The molecule has 0 bridgehead atoms. The van der Waals surface area contributed by atoms with Gasteiger partial charge in [0.05, 0.1) is 0 Å². The molecule has 35 heavy (non-hydrogen) atoms. The number of carbonyl (C=O) groups excluding carboxylic acids is 2. The third kappa shape index (κ3) is 8.55. The van der Waals surface area contributed by atoms with E-state index < -0.39 is 6.04 Å². The molecular formula is C29H33BrN2O3. The van der Waals surface area contributed by atoms with Crippen molar-refractivity contribution in [3.63, 3.8) is 0 Å². The van der Waals surface area contributed by atoms with Gasteiger partial charge in [0.1, 0.15) is 11.8 Å². The van der Waals surface area contributed by atoms with E-state index >= 15 is 0 Å². The number of hydrogen-bond acceptors (Lipinski definition) is 3. The standard InChI is InChI=1S/C29H33BrN2O3/c1-3-4-17-31-29(34)27(19-23-10-6-5-7-11-23)32(20-24-12-8-9-22(2)18-24)28(33)21-35-26-15-13-25(30)14-16-26/h5-16,18,27H,3-4,17,19-21H2,1-2H3,(H,31,34). The molecule has 1 atom stereocenters. The smallest absolute Gasteiger partial charge is 0.261 e. The molecule has 0 aromatic heterocycles. The molecule has 0 heterocycles. The van der Waals surface area contributed by atoms with Crippen LogP contribution in [0.3, 0.4) is 0 Å². The van der Waals surface area contributed by atoms with Crippen molar-refractivity contribution in [1.82, 2.24) is 10.2 Å². The van der Waals surface area contributed by atoms with Crippen molar-refractivity contribution in [2.45, 2.75) is 45.7 Å². The molecule has 0 aliphatic heterocycles. The summed E-state index contributed by atoms with van der Waals surface area (Å²) in [6, 6.07) is 24.5. The molecule has 0 radical (unpaired) electrons. The SMILES string of the molecule is CCCCNC(=O)C(Cc1ccccc1)N(Cc1cccc(C)c1)C(=O)COc1ccc(Br)cc1. The maximum atomic E-state index is 13.6. The molecule has 6 heteroatoms. The first kappa shape index (κ1) is 26.5. The summed E-state index contributed by atoms with van der Waals surface area (Å²) in [4.78, 5) is 28.6. The first-order valence-electron chi connectivity index (χ1n) is 12.0. The predicted octanol–water partition coefficient (Wildman–Crippen LogP) is 5.69. The molecule has 5 nitrogen and oxygen atoms in total. The zero-order valence-electron chi connectivity index (χ0n) is 20.4. The fourth-order valence-corrected chi connectivity index (χ4v) is 4.09. The molecule has 0 fully saturated rings. The number of halogens is 1. The second-order valence-electron chi connectivity index (χ2n) is 8.60. The predicted molar refractivity (Wildman–Crippen MR) is 143 cm³/mol. The van der Waals surface area contributed by atoms with Gasteiger partial charge >= 0.3 is 0 Å². The van der Waals surface area contributed by atoms with Gasteiger partial charge in [-0.25, -0.2) is 0 Å². The number of aryl methyl sites for hydroxylation is 1. The third-order valence-electron chi connectivity index (χ3n) is 5.71. The zero-order valence-corrected chi connectivity index (χ0v) is 22.0. The van der Waals surface area contributed by atoms with E-state index in [1.165, 1.54) is 0 Å². The molecule has 2 amide bonds. The van der Waals surface area contributed by atoms with Crippen molar-refractivity contribution >= 4 is 27.7 Å². The summed E-state index contributed by atoms with van der Waals surface area (Å²) in [7, 11) is 0. The van der Waals surface area contributed by atoms with Gasteiger partial charge in [-0.3, -0.25) is 9.59 Å². The lowest BCUT2D eigenvalue weighted by Gasteiger charge is -2.31. The van der Waals surface area contributed by atoms with E-state index in [0.717, 1.165) is 34.0 Å². The van der Waals surface area contributed by atoms with Gasteiger partial charge in [0.25, 0.3) is 5.91 Å². The van der Waals surface area contributed by atoms with Crippen molar-refractivity contribution in [3.8, 4) is 5.75 Å². The average molecular weight is 537 g/mol. The van der Waals surface area contributed by atoms with Crippen molar-refractivity contribution in [2.24, 2.45) is 0 Å². The zero-order chi connectivity index (χ0) is 25.0. The van der Waals surface area contributed by atoms with Crippen molar-refractivity contribution < 1.29 is 14.3 Å². The Labute approximate surface area is 216 Å².